The fraction of sp³-hybridized carbons (Fsp3) is 0.500. The number of hydrogen-bond acceptors (Lipinski definition) is 6. The monoisotopic (exact) mass is 371 g/mol. The number of benzene rings is 1. The quantitative estimate of drug-likeness (QED) is 0.835. The summed E-state index contributed by atoms with van der Waals surface area (Å²) in [6, 6.07) is 4.17. The van der Waals surface area contributed by atoms with Gasteiger partial charge < -0.3 is 19.9 Å². The van der Waals surface area contributed by atoms with Gasteiger partial charge in [-0.25, -0.2) is 9.48 Å². The maximum atomic E-state index is 11.8. The van der Waals surface area contributed by atoms with Gasteiger partial charge in [0.1, 0.15) is 0 Å². The Bertz CT molecular complexity index is 896. The number of aromatic nitrogens is 2. The van der Waals surface area contributed by atoms with Crippen molar-refractivity contribution in [1.82, 2.24) is 9.78 Å². The molecule has 0 spiro atoms. The second-order valence-electron chi connectivity index (χ2n) is 7.14. The SMILES string of the molecule is COC(=O)C1=C(N)CC(c2c(C)ccc3c2cnn3C2CCCCO2)OC1. The minimum absolute atomic E-state index is 0.0185. The molecule has 144 valence electrons. The van der Waals surface area contributed by atoms with E-state index in [2.05, 4.69) is 24.2 Å². The highest BCUT2D eigenvalue weighted by Gasteiger charge is 2.29. The summed E-state index contributed by atoms with van der Waals surface area (Å²) >= 11 is 0. The Morgan fingerprint density at radius 3 is 2.89 bits per heavy atom. The average molecular weight is 371 g/mol. The molecule has 0 aliphatic carbocycles. The summed E-state index contributed by atoms with van der Waals surface area (Å²) < 4.78 is 18.7. The van der Waals surface area contributed by atoms with Gasteiger partial charge in [0.25, 0.3) is 0 Å². The van der Waals surface area contributed by atoms with Gasteiger partial charge in [-0.05, 0) is 43.4 Å². The zero-order valence-corrected chi connectivity index (χ0v) is 15.7. The smallest absolute Gasteiger partial charge is 0.337 e. The molecule has 3 heterocycles. The number of esters is 1. The number of fused-ring (bicyclic) bond motifs is 1. The van der Waals surface area contributed by atoms with Gasteiger partial charge in [0, 0.05) is 24.1 Å². The van der Waals surface area contributed by atoms with Crippen LogP contribution in [0.5, 0.6) is 0 Å². The van der Waals surface area contributed by atoms with Gasteiger partial charge in [-0.2, -0.15) is 5.10 Å². The standard InChI is InChI=1S/C20H25N3O4/c1-12-6-7-16-13(10-22-23(16)18-5-3-4-8-26-18)19(12)17-9-15(21)14(11-27-17)20(24)25-2/h6-7,10,17-18H,3-5,8-9,11,21H2,1-2H3. The van der Waals surface area contributed by atoms with Crippen molar-refractivity contribution in [1.29, 1.82) is 0 Å². The molecular formula is C20H25N3O4. The number of nitrogens with two attached hydrogens (primary N) is 1. The molecule has 1 saturated heterocycles. The molecule has 0 bridgehead atoms. The van der Waals surface area contributed by atoms with Crippen LogP contribution in [0.2, 0.25) is 0 Å². The number of aryl methyl sites for hydroxylation is 1. The molecule has 4 rings (SSSR count). The molecule has 2 N–H and O–H groups in total. The molecule has 2 atom stereocenters. The van der Waals surface area contributed by atoms with Crippen LogP contribution in [0.1, 0.15) is 49.1 Å². The summed E-state index contributed by atoms with van der Waals surface area (Å²) in [6.45, 7) is 2.98. The van der Waals surface area contributed by atoms with Crippen LogP contribution < -0.4 is 5.73 Å². The maximum absolute atomic E-state index is 11.8. The first-order valence-corrected chi connectivity index (χ1v) is 9.36. The minimum Gasteiger partial charge on any atom is -0.466 e. The van der Waals surface area contributed by atoms with E-state index in [9.17, 15) is 4.79 Å². The van der Waals surface area contributed by atoms with Crippen molar-refractivity contribution >= 4 is 16.9 Å². The predicted octanol–water partition coefficient (Wildman–Crippen LogP) is 2.89. The molecule has 1 fully saturated rings. The summed E-state index contributed by atoms with van der Waals surface area (Å²) in [4.78, 5) is 11.8. The molecule has 1 aromatic carbocycles. The summed E-state index contributed by atoms with van der Waals surface area (Å²) in [6.07, 6.45) is 5.32. The zero-order chi connectivity index (χ0) is 19.0. The predicted molar refractivity (Wildman–Crippen MR) is 99.8 cm³/mol. The highest BCUT2D eigenvalue weighted by atomic mass is 16.5. The van der Waals surface area contributed by atoms with Crippen molar-refractivity contribution in [2.75, 3.05) is 20.3 Å². The summed E-state index contributed by atoms with van der Waals surface area (Å²) in [5.74, 6) is -0.428. The summed E-state index contributed by atoms with van der Waals surface area (Å²) in [7, 11) is 1.35. The largest absolute Gasteiger partial charge is 0.466 e. The van der Waals surface area contributed by atoms with Gasteiger partial charge in [-0.1, -0.05) is 6.07 Å². The first-order chi connectivity index (χ1) is 13.1. The first kappa shape index (κ1) is 18.0. The number of hydrogen-bond donors (Lipinski definition) is 1. The molecule has 0 amide bonds. The molecule has 2 aliphatic rings. The number of carbonyl (C=O) groups is 1. The van der Waals surface area contributed by atoms with Crippen LogP contribution in [0.4, 0.5) is 0 Å². The van der Waals surface area contributed by atoms with E-state index in [0.29, 0.717) is 17.7 Å². The van der Waals surface area contributed by atoms with E-state index in [1.165, 1.54) is 7.11 Å². The van der Waals surface area contributed by atoms with Crippen molar-refractivity contribution in [3.8, 4) is 0 Å². The van der Waals surface area contributed by atoms with Crippen LogP contribution in [0.15, 0.2) is 29.6 Å². The molecule has 2 aromatic rings. The number of rotatable bonds is 3. The molecule has 27 heavy (non-hydrogen) atoms. The van der Waals surface area contributed by atoms with Crippen LogP contribution in [-0.2, 0) is 19.0 Å². The molecule has 0 saturated carbocycles. The summed E-state index contributed by atoms with van der Waals surface area (Å²) in [5, 5.41) is 5.65. The minimum atomic E-state index is -0.428. The van der Waals surface area contributed by atoms with Crippen LogP contribution >= 0.6 is 0 Å². The lowest BCUT2D eigenvalue weighted by Crippen LogP contribution is -2.25. The van der Waals surface area contributed by atoms with Crippen molar-refractivity contribution in [3.05, 3.63) is 40.7 Å². The average Bonchev–Trinajstić information content (AvgIpc) is 3.12. The number of nitrogens with zero attached hydrogens (tertiary/aromatic N) is 2. The van der Waals surface area contributed by atoms with Crippen LogP contribution in [-0.4, -0.2) is 36.1 Å². The van der Waals surface area contributed by atoms with Gasteiger partial charge in [-0.3, -0.25) is 0 Å². The Balaban J connectivity index is 1.70. The zero-order valence-electron chi connectivity index (χ0n) is 15.7. The van der Waals surface area contributed by atoms with E-state index in [4.69, 9.17) is 19.9 Å². The molecule has 1 aromatic heterocycles. The third kappa shape index (κ3) is 3.21. The second-order valence-corrected chi connectivity index (χ2v) is 7.14. The fourth-order valence-electron chi connectivity index (χ4n) is 3.98. The molecule has 2 aliphatic heterocycles. The van der Waals surface area contributed by atoms with Crippen LogP contribution in [0.25, 0.3) is 10.9 Å². The highest BCUT2D eigenvalue weighted by Crippen LogP contribution is 2.37. The van der Waals surface area contributed by atoms with Crippen LogP contribution in [0.3, 0.4) is 0 Å². The van der Waals surface area contributed by atoms with Crippen LogP contribution in [0, 0.1) is 6.92 Å². The Morgan fingerprint density at radius 1 is 1.33 bits per heavy atom. The molecule has 2 unspecified atom stereocenters. The van der Waals surface area contributed by atoms with Gasteiger partial charge in [0.05, 0.1) is 37.1 Å². The molecule has 7 nitrogen and oxygen atoms in total. The van der Waals surface area contributed by atoms with Gasteiger partial charge in [0.15, 0.2) is 6.23 Å². The third-order valence-electron chi connectivity index (χ3n) is 5.44. The van der Waals surface area contributed by atoms with E-state index in [1.54, 1.807) is 0 Å². The number of methoxy groups -OCH3 is 1. The normalized spacial score (nSPS) is 23.6. The van der Waals surface area contributed by atoms with E-state index >= 15 is 0 Å². The third-order valence-corrected chi connectivity index (χ3v) is 5.44. The Morgan fingerprint density at radius 2 is 2.19 bits per heavy atom. The Labute approximate surface area is 158 Å². The lowest BCUT2D eigenvalue weighted by molar-refractivity contribution is -0.137. The van der Waals surface area contributed by atoms with Crippen molar-refractivity contribution in [3.63, 3.8) is 0 Å². The first-order valence-electron chi connectivity index (χ1n) is 9.36. The van der Waals surface area contributed by atoms with E-state index in [1.807, 2.05) is 10.9 Å². The molecular weight excluding hydrogens is 346 g/mol. The Kier molecular flexibility index (Phi) is 4.88. The fourth-order valence-corrected chi connectivity index (χ4v) is 3.98. The van der Waals surface area contributed by atoms with Crippen molar-refractivity contribution in [2.45, 2.75) is 44.9 Å². The lowest BCUT2D eigenvalue weighted by Gasteiger charge is -2.27. The highest BCUT2D eigenvalue weighted by molar-refractivity contribution is 5.90. The lowest BCUT2D eigenvalue weighted by atomic mass is 9.93. The van der Waals surface area contributed by atoms with E-state index in [-0.39, 0.29) is 18.9 Å². The van der Waals surface area contributed by atoms with Crippen molar-refractivity contribution in [2.24, 2.45) is 5.73 Å². The molecule has 7 heteroatoms. The Hall–Kier alpha value is -2.38. The van der Waals surface area contributed by atoms with E-state index in [0.717, 1.165) is 47.9 Å². The second kappa shape index (κ2) is 7.32. The summed E-state index contributed by atoms with van der Waals surface area (Å²) in [5.41, 5.74) is 10.3. The number of carbonyl (C=O) groups excluding carboxylic acids is 1. The number of ether oxygens (including phenoxy) is 3. The topological polar surface area (TPSA) is 88.6 Å². The van der Waals surface area contributed by atoms with Gasteiger partial charge >= 0.3 is 5.97 Å². The molecule has 0 radical (unpaired) electrons. The van der Waals surface area contributed by atoms with Crippen molar-refractivity contribution < 1.29 is 19.0 Å². The maximum Gasteiger partial charge on any atom is 0.337 e. The van der Waals surface area contributed by atoms with Gasteiger partial charge in [-0.15, -0.1) is 0 Å². The van der Waals surface area contributed by atoms with Gasteiger partial charge in [0.2, 0.25) is 0 Å². The van der Waals surface area contributed by atoms with E-state index < -0.39 is 5.97 Å².